The molecule has 2 amide bonds. The number of carbonyl (C=O) groups excluding carboxylic acids is 9. The number of hydrogen-bond donors (Lipinski definition) is 4. The molecule has 0 saturated carbocycles. The van der Waals surface area contributed by atoms with Crippen molar-refractivity contribution in [2.24, 2.45) is 0 Å². The van der Waals surface area contributed by atoms with Crippen LogP contribution in [-0.4, -0.2) is 76.1 Å². The molecule has 0 spiro atoms. The molecular formula is C43H54N3NaO19. The van der Waals surface area contributed by atoms with E-state index in [9.17, 15) is 48.3 Å². The zero-order chi connectivity index (χ0) is 49.1. The van der Waals surface area contributed by atoms with Crippen molar-refractivity contribution in [1.29, 1.82) is 0 Å². The van der Waals surface area contributed by atoms with Gasteiger partial charge in [0.25, 0.3) is 12.6 Å². The van der Waals surface area contributed by atoms with Crippen LogP contribution in [0.4, 0.5) is 26.7 Å². The number of nitrogens with two attached hydrogens (primary N) is 1. The quantitative estimate of drug-likeness (QED) is 0.0310. The molecule has 6 N–H and O–H groups in total. The topological polar surface area (TPSA) is 328 Å². The van der Waals surface area contributed by atoms with Gasteiger partial charge in [-0.25, -0.2) is 9.59 Å². The van der Waals surface area contributed by atoms with Crippen LogP contribution in [0.2, 0.25) is 0 Å². The Balaban J connectivity index is 0. The number of carbonyl (C=O) groups is 9. The van der Waals surface area contributed by atoms with Crippen LogP contribution in [0, 0.1) is 0 Å². The van der Waals surface area contributed by atoms with E-state index in [4.69, 9.17) is 43.6 Å². The normalized spacial score (nSPS) is 10.2. The smallest absolute Gasteiger partial charge is 0.870 e. The first-order valence-electron chi connectivity index (χ1n) is 18.9. The van der Waals surface area contributed by atoms with Gasteiger partial charge in [-0.2, -0.15) is 0 Å². The molecule has 0 saturated heterocycles. The summed E-state index contributed by atoms with van der Waals surface area (Å²) < 4.78 is 40.0. The van der Waals surface area contributed by atoms with Crippen molar-refractivity contribution in [2.45, 2.75) is 107 Å². The Morgan fingerprint density at radius 2 is 0.909 bits per heavy atom. The van der Waals surface area contributed by atoms with Gasteiger partial charge in [0.1, 0.15) is 28.5 Å². The fourth-order valence-corrected chi connectivity index (χ4v) is 4.53. The molecule has 22 nitrogen and oxygen atoms in total. The van der Waals surface area contributed by atoms with Crippen molar-refractivity contribution in [1.82, 2.24) is 0 Å². The van der Waals surface area contributed by atoms with Crippen molar-refractivity contribution < 1.29 is 121 Å². The Kier molecular flexibility index (Phi) is 26.2. The average molecular weight is 940 g/mol. The fraction of sp³-hybridized carbons (Fsp3) is 0.372. The van der Waals surface area contributed by atoms with E-state index < -0.39 is 71.8 Å². The molecule has 0 aliphatic carbocycles. The maximum Gasteiger partial charge on any atom is 1.00 e. The molecule has 0 fully saturated rings. The van der Waals surface area contributed by atoms with E-state index in [-0.39, 0.29) is 74.7 Å². The number of amides is 2. The predicted molar refractivity (Wildman–Crippen MR) is 228 cm³/mol. The molecule has 0 unspecified atom stereocenters. The van der Waals surface area contributed by atoms with Crippen molar-refractivity contribution in [3.05, 3.63) is 71.3 Å². The van der Waals surface area contributed by atoms with E-state index in [1.807, 2.05) is 0 Å². The largest absolute Gasteiger partial charge is 1.00 e. The minimum atomic E-state index is -1.46. The van der Waals surface area contributed by atoms with Crippen LogP contribution in [0.5, 0.6) is 17.2 Å². The second kappa shape index (κ2) is 28.2. The van der Waals surface area contributed by atoms with E-state index in [1.54, 1.807) is 41.5 Å². The summed E-state index contributed by atoms with van der Waals surface area (Å²) in [5, 5.41) is 14.2. The molecular weight excluding hydrogens is 885 g/mol. The zero-order valence-corrected chi connectivity index (χ0v) is 40.8. The predicted octanol–water partition coefficient (Wildman–Crippen LogP) is 3.78. The van der Waals surface area contributed by atoms with E-state index >= 15 is 0 Å². The van der Waals surface area contributed by atoms with E-state index in [0.717, 1.165) is 27.7 Å². The van der Waals surface area contributed by atoms with Crippen LogP contribution in [0.3, 0.4) is 0 Å². The first-order valence-corrected chi connectivity index (χ1v) is 18.9. The van der Waals surface area contributed by atoms with Gasteiger partial charge in [-0.05, 0) is 96.1 Å². The van der Waals surface area contributed by atoms with Gasteiger partial charge < -0.3 is 54.2 Å². The van der Waals surface area contributed by atoms with Crippen molar-refractivity contribution in [3.8, 4) is 17.2 Å². The summed E-state index contributed by atoms with van der Waals surface area (Å²) in [6.45, 7) is 17.4. The maximum absolute atomic E-state index is 11.9. The Labute approximate surface area is 402 Å². The molecule has 3 aromatic rings. The molecule has 0 aliphatic heterocycles. The molecule has 0 bridgehead atoms. The molecule has 0 heterocycles. The van der Waals surface area contributed by atoms with Crippen LogP contribution in [-0.2, 0) is 57.2 Å². The van der Waals surface area contributed by atoms with Crippen molar-refractivity contribution in [3.63, 3.8) is 0 Å². The summed E-state index contributed by atoms with van der Waals surface area (Å²) in [5.74, 6) is -3.99. The molecule has 356 valence electrons. The van der Waals surface area contributed by atoms with E-state index in [0.29, 0.717) is 17.7 Å². The number of anilines is 3. The van der Waals surface area contributed by atoms with Gasteiger partial charge in [0, 0.05) is 58.6 Å². The first-order chi connectivity index (χ1) is 29.5. The summed E-state index contributed by atoms with van der Waals surface area (Å²) in [6, 6.07) is 12.7. The van der Waals surface area contributed by atoms with Gasteiger partial charge in [-0.1, -0.05) is 0 Å². The number of aromatic hydroxyl groups is 1. The Morgan fingerprint density at radius 3 is 1.26 bits per heavy atom. The zero-order valence-electron chi connectivity index (χ0n) is 38.8. The number of phenolic OH excluding ortho intramolecular Hbond substituents is 1. The number of phenols is 1. The van der Waals surface area contributed by atoms with Gasteiger partial charge >= 0.3 is 77.6 Å². The van der Waals surface area contributed by atoms with Crippen LogP contribution in [0.15, 0.2) is 54.6 Å². The fourth-order valence-electron chi connectivity index (χ4n) is 4.53. The third-order valence-electron chi connectivity index (χ3n) is 6.60. The van der Waals surface area contributed by atoms with Crippen LogP contribution < -0.4 is 55.4 Å². The Bertz CT molecular complexity index is 2170. The van der Waals surface area contributed by atoms with E-state index in [2.05, 4.69) is 10.6 Å². The number of aldehydes is 1. The minimum Gasteiger partial charge on any atom is -0.870 e. The second-order valence-electron chi connectivity index (χ2n) is 15.0. The second-order valence-corrected chi connectivity index (χ2v) is 15.0. The molecule has 23 heteroatoms. The SMILES string of the molecule is CC(=O)Oc1ccc(N)cc1C(OC(C)=O)OC(C)=O.CC(=O)Oc1ccc(NC(=O)OC(C)(C)C)cc1C(OC(C)=O)OC(C)=O.CC(C)(C)OC(=O)Nc1ccc(O)c(C=O)c1.[Na+].[OH-]. The van der Waals surface area contributed by atoms with Gasteiger partial charge in [0.2, 0.25) is 0 Å². The van der Waals surface area contributed by atoms with Gasteiger partial charge in [0.05, 0.1) is 16.7 Å². The molecule has 66 heavy (non-hydrogen) atoms. The minimum absolute atomic E-state index is 0. The van der Waals surface area contributed by atoms with E-state index in [1.165, 1.54) is 68.4 Å². The number of rotatable bonds is 11. The van der Waals surface area contributed by atoms with Gasteiger partial charge in [-0.3, -0.25) is 44.2 Å². The Morgan fingerprint density at radius 1 is 0.561 bits per heavy atom. The van der Waals surface area contributed by atoms with Crippen LogP contribution in [0.1, 0.15) is 117 Å². The number of benzene rings is 3. The molecule has 0 aliphatic rings. The number of nitrogens with one attached hydrogen (secondary N) is 2. The number of ether oxygens (including phenoxy) is 8. The molecule has 0 atom stereocenters. The van der Waals surface area contributed by atoms with Gasteiger partial charge in [0.15, 0.2) is 6.29 Å². The summed E-state index contributed by atoms with van der Waals surface area (Å²) in [6.07, 6.45) is -3.61. The van der Waals surface area contributed by atoms with Crippen LogP contribution in [0.25, 0.3) is 0 Å². The third kappa shape index (κ3) is 25.5. The number of esters is 6. The van der Waals surface area contributed by atoms with Crippen molar-refractivity contribution >= 4 is 71.4 Å². The Hall–Kier alpha value is -6.75. The molecule has 0 aromatic heterocycles. The average Bonchev–Trinajstić information content (AvgIpc) is 3.11. The molecule has 0 radical (unpaired) electrons. The van der Waals surface area contributed by atoms with Crippen molar-refractivity contribution in [2.75, 3.05) is 16.4 Å². The first kappa shape index (κ1) is 61.3. The molecule has 3 rings (SSSR count). The molecule has 3 aromatic carbocycles. The maximum atomic E-state index is 11.9. The standard InChI is InChI=1S/C18H23NO8.C13H15NO6.C12H15NO4.Na.H2O/c1-10(20)24-15-8-7-13(19-17(23)27-18(4,5)6)9-14(15)16(25-11(2)21)26-12(3)22;1-7(15)18-12-5-4-10(14)6-11(12)13(19-8(2)16)20-9(3)17;1-12(2,3)17-11(16)13-9-4-5-10(15)8(6-9)7-14;;/h7-9,16H,1-6H3,(H,19,23);4-6,13H,14H2,1-3H3;4-7,15H,1-3H3,(H,13,16);;1H2/q;;;+1;/p-1. The summed E-state index contributed by atoms with van der Waals surface area (Å²) in [5.41, 5.74) is 5.65. The monoisotopic (exact) mass is 939 g/mol. The number of nitrogen functional groups attached to an aromatic ring is 1. The summed E-state index contributed by atoms with van der Waals surface area (Å²) in [4.78, 5) is 101. The number of hydrogen-bond acceptors (Lipinski definition) is 20. The summed E-state index contributed by atoms with van der Waals surface area (Å²) >= 11 is 0. The third-order valence-corrected chi connectivity index (χ3v) is 6.60. The van der Waals surface area contributed by atoms with Gasteiger partial charge in [-0.15, -0.1) is 0 Å². The summed E-state index contributed by atoms with van der Waals surface area (Å²) in [7, 11) is 0. The van der Waals surface area contributed by atoms with Crippen LogP contribution >= 0.6 is 0 Å².